The fourth-order valence-corrected chi connectivity index (χ4v) is 1.86. The summed E-state index contributed by atoms with van der Waals surface area (Å²) >= 11 is 0. The first-order chi connectivity index (χ1) is 8.69. The van der Waals surface area contributed by atoms with Gasteiger partial charge in [-0.15, -0.1) is 5.10 Å². The molecule has 1 aliphatic rings. The number of nitrogens with zero attached hydrogens (tertiary/aromatic N) is 4. The average Bonchev–Trinajstić information content (AvgIpc) is 3.11. The first-order valence-electron chi connectivity index (χ1n) is 7.01. The Morgan fingerprint density at radius 3 is 3.00 bits per heavy atom. The van der Waals surface area contributed by atoms with E-state index in [1.165, 1.54) is 19.3 Å². The van der Waals surface area contributed by atoms with Crippen molar-refractivity contribution in [3.8, 4) is 0 Å². The normalized spacial score (nSPS) is 17.3. The highest BCUT2D eigenvalue weighted by Gasteiger charge is 2.20. The summed E-state index contributed by atoms with van der Waals surface area (Å²) in [7, 11) is 2.17. The van der Waals surface area contributed by atoms with Gasteiger partial charge in [-0.05, 0) is 33.2 Å². The van der Waals surface area contributed by atoms with Gasteiger partial charge in [-0.1, -0.05) is 12.1 Å². The van der Waals surface area contributed by atoms with Gasteiger partial charge in [0.1, 0.15) is 0 Å². The van der Waals surface area contributed by atoms with Crippen LogP contribution in [0.1, 0.15) is 38.8 Å². The first kappa shape index (κ1) is 13.5. The summed E-state index contributed by atoms with van der Waals surface area (Å²) in [6.45, 7) is 7.27. The smallest absolute Gasteiger partial charge is 0.0964 e. The van der Waals surface area contributed by atoms with Gasteiger partial charge in [-0.3, -0.25) is 4.68 Å². The standard InChI is InChI=1S/C13H25N5/c1-4-11(2)17(3)7-8-18-10-13(15-16-18)9-14-12-5-6-12/h10-12,14H,4-9H2,1-3H3. The lowest BCUT2D eigenvalue weighted by molar-refractivity contribution is 0.238. The van der Waals surface area contributed by atoms with Crippen LogP contribution >= 0.6 is 0 Å². The summed E-state index contributed by atoms with van der Waals surface area (Å²) in [5.74, 6) is 0. The SMILES string of the molecule is CCC(C)N(C)CCn1cc(CNC2CC2)nn1. The van der Waals surface area contributed by atoms with Crippen LogP contribution in [0.25, 0.3) is 0 Å². The molecule has 0 radical (unpaired) electrons. The van der Waals surface area contributed by atoms with Crippen molar-refractivity contribution in [2.75, 3.05) is 13.6 Å². The van der Waals surface area contributed by atoms with Crippen LogP contribution in [-0.4, -0.2) is 45.6 Å². The molecule has 5 heteroatoms. The molecule has 102 valence electrons. The van der Waals surface area contributed by atoms with E-state index in [9.17, 15) is 0 Å². The highest BCUT2D eigenvalue weighted by Crippen LogP contribution is 2.18. The highest BCUT2D eigenvalue weighted by molar-refractivity contribution is 4.94. The van der Waals surface area contributed by atoms with E-state index in [4.69, 9.17) is 0 Å². The van der Waals surface area contributed by atoms with Gasteiger partial charge >= 0.3 is 0 Å². The number of hydrogen-bond acceptors (Lipinski definition) is 4. The van der Waals surface area contributed by atoms with Crippen molar-refractivity contribution in [3.05, 3.63) is 11.9 Å². The van der Waals surface area contributed by atoms with Crippen LogP contribution in [0.4, 0.5) is 0 Å². The minimum Gasteiger partial charge on any atom is -0.308 e. The molecular formula is C13H25N5. The van der Waals surface area contributed by atoms with Crippen LogP contribution < -0.4 is 5.32 Å². The lowest BCUT2D eigenvalue weighted by atomic mass is 10.2. The Balaban J connectivity index is 1.71. The minimum absolute atomic E-state index is 0.629. The Hall–Kier alpha value is -0.940. The Bertz CT molecular complexity index is 358. The summed E-state index contributed by atoms with van der Waals surface area (Å²) in [5.41, 5.74) is 1.05. The van der Waals surface area contributed by atoms with Crippen molar-refractivity contribution in [2.24, 2.45) is 0 Å². The van der Waals surface area contributed by atoms with Gasteiger partial charge in [-0.25, -0.2) is 0 Å². The third kappa shape index (κ3) is 4.07. The molecule has 1 atom stereocenters. The van der Waals surface area contributed by atoms with Gasteiger partial charge in [0.2, 0.25) is 0 Å². The van der Waals surface area contributed by atoms with Crippen LogP contribution in [0.2, 0.25) is 0 Å². The molecule has 1 unspecified atom stereocenters. The molecule has 1 aliphatic carbocycles. The van der Waals surface area contributed by atoms with Crippen LogP contribution in [-0.2, 0) is 13.1 Å². The molecule has 1 fully saturated rings. The van der Waals surface area contributed by atoms with Crippen molar-refractivity contribution >= 4 is 0 Å². The molecule has 2 rings (SSSR count). The van der Waals surface area contributed by atoms with Gasteiger partial charge in [0.05, 0.1) is 12.2 Å². The van der Waals surface area contributed by atoms with Crippen molar-refractivity contribution in [1.82, 2.24) is 25.2 Å². The quantitative estimate of drug-likeness (QED) is 0.755. The zero-order valence-corrected chi connectivity index (χ0v) is 11.8. The third-order valence-electron chi connectivity index (χ3n) is 3.76. The summed E-state index contributed by atoms with van der Waals surface area (Å²) in [6, 6.07) is 1.36. The van der Waals surface area contributed by atoms with Gasteiger partial charge in [0.15, 0.2) is 0 Å². The van der Waals surface area contributed by atoms with E-state index in [1.807, 2.05) is 4.68 Å². The van der Waals surface area contributed by atoms with Gasteiger partial charge < -0.3 is 10.2 Å². The molecule has 0 saturated heterocycles. The maximum Gasteiger partial charge on any atom is 0.0964 e. The van der Waals surface area contributed by atoms with Gasteiger partial charge in [-0.2, -0.15) is 0 Å². The fourth-order valence-electron chi connectivity index (χ4n) is 1.86. The number of hydrogen-bond donors (Lipinski definition) is 1. The highest BCUT2D eigenvalue weighted by atomic mass is 15.4. The molecule has 0 aromatic carbocycles. The predicted octanol–water partition coefficient (Wildman–Crippen LogP) is 1.26. The topological polar surface area (TPSA) is 46.0 Å². The minimum atomic E-state index is 0.629. The number of likely N-dealkylation sites (N-methyl/N-ethyl adjacent to an activating group) is 1. The van der Waals surface area contributed by atoms with Crippen molar-refractivity contribution in [2.45, 2.75) is 58.3 Å². The van der Waals surface area contributed by atoms with Crippen molar-refractivity contribution < 1.29 is 0 Å². The predicted molar refractivity (Wildman–Crippen MR) is 72.3 cm³/mol. The van der Waals surface area contributed by atoms with E-state index < -0.39 is 0 Å². The van der Waals surface area contributed by atoms with E-state index >= 15 is 0 Å². The summed E-state index contributed by atoms with van der Waals surface area (Å²) in [6.07, 6.45) is 5.87. The summed E-state index contributed by atoms with van der Waals surface area (Å²) in [4.78, 5) is 2.36. The Morgan fingerprint density at radius 2 is 2.33 bits per heavy atom. The molecule has 0 spiro atoms. The maximum atomic E-state index is 4.19. The average molecular weight is 251 g/mol. The molecule has 0 aliphatic heterocycles. The molecule has 18 heavy (non-hydrogen) atoms. The second-order valence-corrected chi connectivity index (χ2v) is 5.37. The largest absolute Gasteiger partial charge is 0.308 e. The Morgan fingerprint density at radius 1 is 1.56 bits per heavy atom. The van der Waals surface area contributed by atoms with E-state index in [2.05, 4.69) is 47.6 Å². The van der Waals surface area contributed by atoms with Crippen LogP contribution in [0.5, 0.6) is 0 Å². The third-order valence-corrected chi connectivity index (χ3v) is 3.76. The van der Waals surface area contributed by atoms with Crippen LogP contribution in [0, 0.1) is 0 Å². The molecule has 5 nitrogen and oxygen atoms in total. The number of aromatic nitrogens is 3. The zero-order valence-electron chi connectivity index (χ0n) is 11.8. The molecule has 0 amide bonds. The number of nitrogens with one attached hydrogen (secondary N) is 1. The van der Waals surface area contributed by atoms with Crippen LogP contribution in [0.15, 0.2) is 6.20 Å². The Kier molecular flexibility index (Phi) is 4.72. The molecule has 1 saturated carbocycles. The van der Waals surface area contributed by atoms with Crippen LogP contribution in [0.3, 0.4) is 0 Å². The Labute approximate surface area is 110 Å². The van der Waals surface area contributed by atoms with Crippen molar-refractivity contribution in [3.63, 3.8) is 0 Å². The second kappa shape index (κ2) is 6.29. The van der Waals surface area contributed by atoms with E-state index in [1.54, 1.807) is 0 Å². The molecule has 1 N–H and O–H groups in total. The van der Waals surface area contributed by atoms with E-state index in [-0.39, 0.29) is 0 Å². The lowest BCUT2D eigenvalue weighted by Gasteiger charge is -2.22. The van der Waals surface area contributed by atoms with Gasteiger partial charge in [0.25, 0.3) is 0 Å². The molecule has 1 aromatic rings. The van der Waals surface area contributed by atoms with E-state index in [0.717, 1.165) is 31.4 Å². The first-order valence-corrected chi connectivity index (χ1v) is 7.01. The maximum absolute atomic E-state index is 4.19. The summed E-state index contributed by atoms with van der Waals surface area (Å²) in [5, 5.41) is 11.8. The monoisotopic (exact) mass is 251 g/mol. The fraction of sp³-hybridized carbons (Fsp3) is 0.846. The number of rotatable bonds is 8. The second-order valence-electron chi connectivity index (χ2n) is 5.37. The molecule has 1 aromatic heterocycles. The summed E-state index contributed by atoms with van der Waals surface area (Å²) < 4.78 is 1.95. The van der Waals surface area contributed by atoms with E-state index in [0.29, 0.717) is 6.04 Å². The molecule has 1 heterocycles. The lowest BCUT2D eigenvalue weighted by Crippen LogP contribution is -2.31. The molecular weight excluding hydrogens is 226 g/mol. The molecule has 0 bridgehead atoms. The van der Waals surface area contributed by atoms with Crippen molar-refractivity contribution in [1.29, 1.82) is 0 Å². The van der Waals surface area contributed by atoms with Gasteiger partial charge in [0, 0.05) is 31.4 Å². The zero-order chi connectivity index (χ0) is 13.0.